The molecule has 1 aromatic carbocycles. The summed E-state index contributed by atoms with van der Waals surface area (Å²) in [5, 5.41) is 3.99. The molecular weight excluding hydrogens is 300 g/mol. The summed E-state index contributed by atoms with van der Waals surface area (Å²) in [4.78, 5) is 15.0. The molecule has 1 aromatic heterocycles. The Kier molecular flexibility index (Phi) is 4.50. The Hall–Kier alpha value is -2.18. The second-order valence-corrected chi connectivity index (χ2v) is 5.41. The van der Waals surface area contributed by atoms with Crippen molar-refractivity contribution in [2.24, 2.45) is 0 Å². The van der Waals surface area contributed by atoms with E-state index in [1.807, 2.05) is 36.4 Å². The molecule has 0 spiro atoms. The standard InChI is InChI=1S/C15H17ClN6/c16-12-3-1-2-11(10-12)4-5-13-19-14(17)21-15(20-13)22-8-6-18-7-9-22/h1-5,10,18H,6-9H2,(H2,17,19,20,21)/b5-4+. The number of nitrogens with two attached hydrogens (primary N) is 1. The number of aromatic nitrogens is 3. The SMILES string of the molecule is Nc1nc(/C=C/c2cccc(Cl)c2)nc(N2CCNCC2)n1. The van der Waals surface area contributed by atoms with Crippen LogP contribution in [0.1, 0.15) is 11.4 Å². The van der Waals surface area contributed by atoms with Gasteiger partial charge in [0.1, 0.15) is 0 Å². The molecule has 114 valence electrons. The van der Waals surface area contributed by atoms with Crippen LogP contribution in [0.4, 0.5) is 11.9 Å². The third-order valence-electron chi connectivity index (χ3n) is 3.33. The van der Waals surface area contributed by atoms with E-state index in [1.165, 1.54) is 0 Å². The molecule has 7 heteroatoms. The predicted octanol–water partition coefficient (Wildman–Crippen LogP) is 1.69. The van der Waals surface area contributed by atoms with Gasteiger partial charge in [-0.2, -0.15) is 15.0 Å². The number of nitrogens with zero attached hydrogens (tertiary/aromatic N) is 4. The fourth-order valence-electron chi connectivity index (χ4n) is 2.26. The van der Waals surface area contributed by atoms with Crippen LogP contribution >= 0.6 is 11.6 Å². The molecule has 1 saturated heterocycles. The first-order valence-corrected chi connectivity index (χ1v) is 7.49. The lowest BCUT2D eigenvalue weighted by molar-refractivity contribution is 0.579. The van der Waals surface area contributed by atoms with Crippen molar-refractivity contribution in [3.8, 4) is 0 Å². The zero-order valence-corrected chi connectivity index (χ0v) is 12.8. The largest absolute Gasteiger partial charge is 0.368 e. The number of anilines is 2. The molecule has 3 rings (SSSR count). The van der Waals surface area contributed by atoms with E-state index in [-0.39, 0.29) is 5.95 Å². The minimum Gasteiger partial charge on any atom is -0.368 e. The van der Waals surface area contributed by atoms with E-state index in [0.29, 0.717) is 16.8 Å². The maximum Gasteiger partial charge on any atom is 0.230 e. The summed E-state index contributed by atoms with van der Waals surface area (Å²) in [5.74, 6) is 1.40. The highest BCUT2D eigenvalue weighted by Crippen LogP contribution is 2.14. The summed E-state index contributed by atoms with van der Waals surface area (Å²) in [6, 6.07) is 7.57. The number of benzene rings is 1. The molecule has 3 N–H and O–H groups in total. The molecule has 6 nitrogen and oxygen atoms in total. The number of rotatable bonds is 3. The van der Waals surface area contributed by atoms with Crippen LogP contribution in [-0.4, -0.2) is 41.1 Å². The second kappa shape index (κ2) is 6.72. The smallest absolute Gasteiger partial charge is 0.230 e. The van der Waals surface area contributed by atoms with Gasteiger partial charge in [0.15, 0.2) is 5.82 Å². The molecule has 2 heterocycles. The molecule has 0 amide bonds. The van der Waals surface area contributed by atoms with E-state index in [4.69, 9.17) is 17.3 Å². The number of hydrogen-bond acceptors (Lipinski definition) is 6. The fourth-order valence-corrected chi connectivity index (χ4v) is 2.46. The normalized spacial score (nSPS) is 15.4. The number of nitrogen functional groups attached to an aromatic ring is 1. The van der Waals surface area contributed by atoms with E-state index >= 15 is 0 Å². The Morgan fingerprint density at radius 1 is 1.14 bits per heavy atom. The first-order valence-electron chi connectivity index (χ1n) is 7.11. The van der Waals surface area contributed by atoms with Crippen molar-refractivity contribution in [3.05, 3.63) is 40.7 Å². The molecule has 2 aromatic rings. The van der Waals surface area contributed by atoms with Crippen molar-refractivity contribution in [3.63, 3.8) is 0 Å². The maximum atomic E-state index is 5.97. The molecule has 0 unspecified atom stereocenters. The first-order chi connectivity index (χ1) is 10.7. The zero-order chi connectivity index (χ0) is 15.4. The molecule has 1 aliphatic heterocycles. The van der Waals surface area contributed by atoms with Crippen LogP contribution < -0.4 is 16.0 Å². The average Bonchev–Trinajstić information content (AvgIpc) is 2.53. The molecule has 22 heavy (non-hydrogen) atoms. The minimum absolute atomic E-state index is 0.231. The lowest BCUT2D eigenvalue weighted by atomic mass is 10.2. The quantitative estimate of drug-likeness (QED) is 0.897. The summed E-state index contributed by atoms with van der Waals surface area (Å²) in [6.07, 6.45) is 3.72. The van der Waals surface area contributed by atoms with Gasteiger partial charge in [-0.1, -0.05) is 29.8 Å². The third-order valence-corrected chi connectivity index (χ3v) is 3.57. The maximum absolute atomic E-state index is 5.97. The van der Waals surface area contributed by atoms with E-state index in [1.54, 1.807) is 0 Å². The predicted molar refractivity (Wildman–Crippen MR) is 89.7 cm³/mol. The topological polar surface area (TPSA) is 80.0 Å². The van der Waals surface area contributed by atoms with Crippen LogP contribution in [0.2, 0.25) is 5.02 Å². The van der Waals surface area contributed by atoms with E-state index in [2.05, 4.69) is 25.2 Å². The van der Waals surface area contributed by atoms with Crippen molar-refractivity contribution in [2.75, 3.05) is 36.8 Å². The summed E-state index contributed by atoms with van der Waals surface area (Å²) in [7, 11) is 0. The van der Waals surface area contributed by atoms with Gasteiger partial charge in [-0.3, -0.25) is 0 Å². The Morgan fingerprint density at radius 2 is 1.95 bits per heavy atom. The van der Waals surface area contributed by atoms with Crippen LogP contribution in [-0.2, 0) is 0 Å². The Balaban J connectivity index is 1.82. The van der Waals surface area contributed by atoms with Crippen LogP contribution in [0.25, 0.3) is 12.2 Å². The molecule has 1 fully saturated rings. The zero-order valence-electron chi connectivity index (χ0n) is 12.0. The second-order valence-electron chi connectivity index (χ2n) is 4.98. The number of halogens is 1. The Labute approximate surface area is 134 Å². The van der Waals surface area contributed by atoms with Crippen LogP contribution in [0, 0.1) is 0 Å². The highest BCUT2D eigenvalue weighted by atomic mass is 35.5. The molecule has 0 atom stereocenters. The van der Waals surface area contributed by atoms with Gasteiger partial charge in [-0.15, -0.1) is 0 Å². The highest BCUT2D eigenvalue weighted by molar-refractivity contribution is 6.30. The molecule has 1 aliphatic rings. The van der Waals surface area contributed by atoms with Crippen molar-refractivity contribution >= 4 is 35.6 Å². The molecule has 0 radical (unpaired) electrons. The minimum atomic E-state index is 0.231. The third kappa shape index (κ3) is 3.72. The first kappa shape index (κ1) is 14.7. The van der Waals surface area contributed by atoms with E-state index in [9.17, 15) is 0 Å². The lowest BCUT2D eigenvalue weighted by Gasteiger charge is -2.27. The summed E-state index contributed by atoms with van der Waals surface area (Å²) in [5.41, 5.74) is 6.78. The summed E-state index contributed by atoms with van der Waals surface area (Å²) >= 11 is 5.97. The van der Waals surface area contributed by atoms with Crippen molar-refractivity contribution in [1.29, 1.82) is 0 Å². The van der Waals surface area contributed by atoms with Crippen LogP contribution in [0.3, 0.4) is 0 Å². The van der Waals surface area contributed by atoms with Gasteiger partial charge in [0.05, 0.1) is 0 Å². The average molecular weight is 317 g/mol. The molecule has 0 aliphatic carbocycles. The Bertz CT molecular complexity index is 681. The van der Waals surface area contributed by atoms with Gasteiger partial charge >= 0.3 is 0 Å². The number of hydrogen-bond donors (Lipinski definition) is 2. The molecular formula is C15H17ClN6. The molecule has 0 bridgehead atoms. The highest BCUT2D eigenvalue weighted by Gasteiger charge is 2.14. The van der Waals surface area contributed by atoms with Gasteiger partial charge in [0.2, 0.25) is 11.9 Å². The van der Waals surface area contributed by atoms with Gasteiger partial charge in [-0.05, 0) is 23.8 Å². The summed E-state index contributed by atoms with van der Waals surface area (Å²) < 4.78 is 0. The number of nitrogens with one attached hydrogen (secondary N) is 1. The fraction of sp³-hybridized carbons (Fsp3) is 0.267. The van der Waals surface area contributed by atoms with Crippen molar-refractivity contribution < 1.29 is 0 Å². The van der Waals surface area contributed by atoms with Crippen LogP contribution in [0.15, 0.2) is 24.3 Å². The van der Waals surface area contributed by atoms with E-state index < -0.39 is 0 Å². The van der Waals surface area contributed by atoms with Crippen molar-refractivity contribution in [2.45, 2.75) is 0 Å². The van der Waals surface area contributed by atoms with Gasteiger partial charge in [0.25, 0.3) is 0 Å². The van der Waals surface area contributed by atoms with Gasteiger partial charge < -0.3 is 16.0 Å². The Morgan fingerprint density at radius 3 is 2.73 bits per heavy atom. The van der Waals surface area contributed by atoms with E-state index in [0.717, 1.165) is 31.7 Å². The number of piperazine rings is 1. The van der Waals surface area contributed by atoms with Gasteiger partial charge in [-0.25, -0.2) is 0 Å². The van der Waals surface area contributed by atoms with Crippen molar-refractivity contribution in [1.82, 2.24) is 20.3 Å². The van der Waals surface area contributed by atoms with Gasteiger partial charge in [0, 0.05) is 31.2 Å². The molecule has 0 saturated carbocycles. The lowest BCUT2D eigenvalue weighted by Crippen LogP contribution is -2.44. The van der Waals surface area contributed by atoms with Crippen LogP contribution in [0.5, 0.6) is 0 Å². The monoisotopic (exact) mass is 316 g/mol. The summed E-state index contributed by atoms with van der Waals surface area (Å²) in [6.45, 7) is 3.56.